The van der Waals surface area contributed by atoms with Crippen LogP contribution in [-0.2, 0) is 24.2 Å². The van der Waals surface area contributed by atoms with E-state index >= 15 is 0 Å². The van der Waals surface area contributed by atoms with Gasteiger partial charge in [-0.05, 0) is 74.6 Å². The summed E-state index contributed by atoms with van der Waals surface area (Å²) in [4.78, 5) is 11.0. The fourth-order valence-electron chi connectivity index (χ4n) is 3.55. The topological polar surface area (TPSA) is 61.6 Å². The first-order valence-electron chi connectivity index (χ1n) is 9.17. The van der Waals surface area contributed by atoms with Gasteiger partial charge in [-0.15, -0.1) is 0 Å². The van der Waals surface area contributed by atoms with Crippen LogP contribution in [0.1, 0.15) is 48.1 Å². The maximum atomic E-state index is 11.0. The molecule has 2 aromatic rings. The summed E-state index contributed by atoms with van der Waals surface area (Å²) in [6, 6.07) is 7.83. The summed E-state index contributed by atoms with van der Waals surface area (Å²) in [6.45, 7) is 8.61. The molecule has 1 aliphatic rings. The zero-order valence-electron chi connectivity index (χ0n) is 16.3. The maximum Gasteiger partial charge on any atom is 0.217 e. The lowest BCUT2D eigenvalue weighted by atomic mass is 9.98. The molecule has 0 spiro atoms. The number of aryl methyl sites for hydroxylation is 1. The van der Waals surface area contributed by atoms with Gasteiger partial charge in [0.2, 0.25) is 5.91 Å². The lowest BCUT2D eigenvalue weighted by Gasteiger charge is -2.19. The van der Waals surface area contributed by atoms with Gasteiger partial charge >= 0.3 is 0 Å². The van der Waals surface area contributed by atoms with E-state index in [1.54, 1.807) is 0 Å². The molecule has 1 heterocycles. The molecule has 2 aromatic carbocycles. The quantitative estimate of drug-likeness (QED) is 0.783. The van der Waals surface area contributed by atoms with Gasteiger partial charge in [0, 0.05) is 23.4 Å². The highest BCUT2D eigenvalue weighted by molar-refractivity contribution is 6.30. The molecule has 5 heteroatoms. The Morgan fingerprint density at radius 3 is 2.67 bits per heavy atom. The fourth-order valence-corrected chi connectivity index (χ4v) is 3.81. The molecule has 0 fully saturated rings. The minimum atomic E-state index is -0.287. The van der Waals surface area contributed by atoms with Crippen molar-refractivity contribution in [1.82, 2.24) is 0 Å². The van der Waals surface area contributed by atoms with Crippen LogP contribution >= 0.6 is 11.6 Å². The Hall–Kier alpha value is -2.20. The Morgan fingerprint density at radius 1 is 1.22 bits per heavy atom. The van der Waals surface area contributed by atoms with Crippen molar-refractivity contribution in [2.75, 3.05) is 0 Å². The fraction of sp³-hybridized carbons (Fsp3) is 0.409. The van der Waals surface area contributed by atoms with Crippen molar-refractivity contribution in [1.29, 1.82) is 0 Å². The molecule has 0 saturated heterocycles. The zero-order valence-corrected chi connectivity index (χ0v) is 17.1. The first-order chi connectivity index (χ1) is 12.7. The molecule has 0 aliphatic carbocycles. The van der Waals surface area contributed by atoms with Gasteiger partial charge < -0.3 is 15.2 Å². The van der Waals surface area contributed by atoms with Crippen LogP contribution in [0, 0.1) is 13.8 Å². The molecule has 0 bridgehead atoms. The molecule has 0 aromatic heterocycles. The van der Waals surface area contributed by atoms with Gasteiger partial charge in [-0.3, -0.25) is 4.79 Å². The normalized spacial score (nSPS) is 14.6. The predicted molar refractivity (Wildman–Crippen MR) is 108 cm³/mol. The van der Waals surface area contributed by atoms with Crippen molar-refractivity contribution in [3.05, 3.63) is 57.1 Å². The van der Waals surface area contributed by atoms with E-state index in [1.165, 1.54) is 0 Å². The minimum Gasteiger partial charge on any atom is -0.488 e. The molecule has 144 valence electrons. The van der Waals surface area contributed by atoms with Gasteiger partial charge in [0.15, 0.2) is 0 Å². The summed E-state index contributed by atoms with van der Waals surface area (Å²) >= 11 is 6.29. The third-order valence-corrected chi connectivity index (χ3v) is 5.29. The molecule has 0 radical (unpaired) electrons. The molecule has 0 atom stereocenters. The van der Waals surface area contributed by atoms with Crippen LogP contribution in [0.3, 0.4) is 0 Å². The molecular weight excluding hydrogens is 362 g/mol. The van der Waals surface area contributed by atoms with E-state index in [0.717, 1.165) is 45.7 Å². The maximum absolute atomic E-state index is 11.0. The monoisotopic (exact) mass is 387 g/mol. The summed E-state index contributed by atoms with van der Waals surface area (Å²) in [6.07, 6.45) is 1.83. The third kappa shape index (κ3) is 4.38. The highest BCUT2D eigenvalue weighted by Crippen LogP contribution is 2.40. The Bertz CT molecular complexity index is 890. The molecule has 0 unspecified atom stereocenters. The van der Waals surface area contributed by atoms with Crippen molar-refractivity contribution in [2.24, 2.45) is 5.73 Å². The Balaban J connectivity index is 1.79. The van der Waals surface area contributed by atoms with Crippen molar-refractivity contribution < 1.29 is 14.3 Å². The smallest absolute Gasteiger partial charge is 0.217 e. The van der Waals surface area contributed by atoms with Crippen LogP contribution in [0.15, 0.2) is 24.3 Å². The van der Waals surface area contributed by atoms with E-state index in [4.69, 9.17) is 26.8 Å². The van der Waals surface area contributed by atoms with Gasteiger partial charge in [-0.2, -0.15) is 0 Å². The standard InChI is InChI=1S/C22H26ClNO3/c1-13-14(2)19(7-5-15(13)6-8-20(24)25)26-12-17-10-18(23)9-16-11-22(3,4)27-21(16)17/h5,7,9-10H,6,8,11-12H2,1-4H3,(H2,24,25). The van der Waals surface area contributed by atoms with Gasteiger partial charge in [0.25, 0.3) is 0 Å². The highest BCUT2D eigenvalue weighted by atomic mass is 35.5. The molecule has 4 nitrogen and oxygen atoms in total. The Morgan fingerprint density at radius 2 is 1.96 bits per heavy atom. The van der Waals surface area contributed by atoms with E-state index in [0.29, 0.717) is 24.5 Å². The van der Waals surface area contributed by atoms with Crippen molar-refractivity contribution in [3.63, 3.8) is 0 Å². The number of primary amides is 1. The number of fused-ring (bicyclic) bond motifs is 1. The summed E-state index contributed by atoms with van der Waals surface area (Å²) < 4.78 is 12.2. The van der Waals surface area contributed by atoms with Crippen LogP contribution in [0.2, 0.25) is 5.02 Å². The molecule has 27 heavy (non-hydrogen) atoms. The predicted octanol–water partition coefficient (Wildman–Crippen LogP) is 4.67. The molecule has 1 aliphatic heterocycles. The number of hydrogen-bond donors (Lipinski definition) is 1. The van der Waals surface area contributed by atoms with Crippen LogP contribution in [0.5, 0.6) is 11.5 Å². The second-order valence-electron chi connectivity index (χ2n) is 7.82. The summed E-state index contributed by atoms with van der Waals surface area (Å²) in [7, 11) is 0. The van der Waals surface area contributed by atoms with E-state index in [-0.39, 0.29) is 11.5 Å². The number of halogens is 1. The van der Waals surface area contributed by atoms with Crippen molar-refractivity contribution >= 4 is 17.5 Å². The van der Waals surface area contributed by atoms with E-state index in [9.17, 15) is 4.79 Å². The van der Waals surface area contributed by atoms with E-state index in [2.05, 4.69) is 13.8 Å². The van der Waals surface area contributed by atoms with Gasteiger partial charge in [-0.25, -0.2) is 0 Å². The second kappa shape index (κ2) is 7.43. The molecular formula is C22H26ClNO3. The lowest BCUT2D eigenvalue weighted by Crippen LogP contribution is -2.25. The minimum absolute atomic E-state index is 0.226. The van der Waals surface area contributed by atoms with Crippen LogP contribution in [-0.4, -0.2) is 11.5 Å². The van der Waals surface area contributed by atoms with Gasteiger partial charge in [0.05, 0.1) is 0 Å². The number of amides is 1. The van der Waals surface area contributed by atoms with Gasteiger partial charge in [0.1, 0.15) is 23.7 Å². The van der Waals surface area contributed by atoms with Crippen LogP contribution < -0.4 is 15.2 Å². The molecule has 2 N–H and O–H groups in total. The number of nitrogens with two attached hydrogens (primary N) is 1. The van der Waals surface area contributed by atoms with E-state index < -0.39 is 0 Å². The van der Waals surface area contributed by atoms with Crippen molar-refractivity contribution in [3.8, 4) is 11.5 Å². The Labute approximate surface area is 165 Å². The third-order valence-electron chi connectivity index (χ3n) is 5.08. The van der Waals surface area contributed by atoms with Crippen LogP contribution in [0.25, 0.3) is 0 Å². The lowest BCUT2D eigenvalue weighted by molar-refractivity contribution is -0.117. The first kappa shape index (κ1) is 19.6. The largest absolute Gasteiger partial charge is 0.488 e. The Kier molecular flexibility index (Phi) is 5.38. The second-order valence-corrected chi connectivity index (χ2v) is 8.26. The molecule has 1 amide bonds. The van der Waals surface area contributed by atoms with Gasteiger partial charge in [-0.1, -0.05) is 17.7 Å². The number of carbonyl (C=O) groups excluding carboxylic acids is 1. The highest BCUT2D eigenvalue weighted by Gasteiger charge is 2.32. The number of rotatable bonds is 6. The summed E-state index contributed by atoms with van der Waals surface area (Å²) in [5, 5.41) is 0.698. The summed E-state index contributed by atoms with van der Waals surface area (Å²) in [5.41, 5.74) is 10.4. The SMILES string of the molecule is Cc1c(CCC(N)=O)ccc(OCc2cc(Cl)cc3c2OC(C)(C)C3)c1C. The first-order valence-corrected chi connectivity index (χ1v) is 9.54. The number of carbonyl (C=O) groups is 1. The molecule has 0 saturated carbocycles. The number of ether oxygens (including phenoxy) is 2. The summed E-state index contributed by atoms with van der Waals surface area (Å²) in [5.74, 6) is 1.42. The van der Waals surface area contributed by atoms with Crippen LogP contribution in [0.4, 0.5) is 0 Å². The average molecular weight is 388 g/mol. The number of benzene rings is 2. The van der Waals surface area contributed by atoms with E-state index in [1.807, 2.05) is 38.1 Å². The molecule has 3 rings (SSSR count). The zero-order chi connectivity index (χ0) is 19.8. The number of hydrogen-bond acceptors (Lipinski definition) is 3. The van der Waals surface area contributed by atoms with Crippen molar-refractivity contribution in [2.45, 2.75) is 59.2 Å². The average Bonchev–Trinajstić information content (AvgIpc) is 2.88.